The third-order valence-corrected chi connectivity index (χ3v) is 5.95. The quantitative estimate of drug-likeness (QED) is 0.247. The van der Waals surface area contributed by atoms with Crippen LogP contribution in [0.15, 0.2) is 66.4 Å². The second-order valence-electron chi connectivity index (χ2n) is 8.36. The molecule has 3 amide bonds. The van der Waals surface area contributed by atoms with Gasteiger partial charge in [-0.1, -0.05) is 12.1 Å². The maximum absolute atomic E-state index is 14.5. The molecular weight excluding hydrogens is 522 g/mol. The number of anilines is 2. The molecule has 2 heterocycles. The highest BCUT2D eigenvalue weighted by Gasteiger charge is 2.40. The molecule has 0 atom stereocenters. The number of hydrogen-bond donors (Lipinski definition) is 5. The van der Waals surface area contributed by atoms with Crippen molar-refractivity contribution < 1.29 is 32.3 Å². The van der Waals surface area contributed by atoms with E-state index in [1.54, 1.807) is 12.1 Å². The van der Waals surface area contributed by atoms with Crippen molar-refractivity contribution in [2.75, 3.05) is 23.4 Å². The topological polar surface area (TPSA) is 124 Å². The predicted octanol–water partition coefficient (Wildman–Crippen LogP) is 3.88. The number of carbonyl (C=O) groups is 2. The Hall–Kier alpha value is -5.11. The van der Waals surface area contributed by atoms with E-state index in [0.29, 0.717) is 23.8 Å². The Labute approximate surface area is 218 Å². The van der Waals surface area contributed by atoms with Crippen LogP contribution in [0.25, 0.3) is 5.76 Å². The second kappa shape index (κ2) is 9.98. The molecule has 0 aromatic heterocycles. The van der Waals surface area contributed by atoms with Crippen molar-refractivity contribution in [3.05, 3.63) is 101 Å². The lowest BCUT2D eigenvalue weighted by molar-refractivity contribution is 0.0705. The van der Waals surface area contributed by atoms with Gasteiger partial charge < -0.3 is 10.4 Å². The third kappa shape index (κ3) is 4.57. The van der Waals surface area contributed by atoms with E-state index in [9.17, 15) is 32.3 Å². The van der Waals surface area contributed by atoms with Crippen LogP contribution in [0.3, 0.4) is 0 Å². The summed E-state index contributed by atoms with van der Waals surface area (Å²) < 4.78 is 57.7. The summed E-state index contributed by atoms with van der Waals surface area (Å²) in [5.41, 5.74) is 3.41. The number of nitrogens with one attached hydrogen (secondary N) is 4. The fourth-order valence-corrected chi connectivity index (χ4v) is 4.08. The van der Waals surface area contributed by atoms with Gasteiger partial charge in [0.15, 0.2) is 17.3 Å². The number of hydrogen-bond acceptors (Lipinski definition) is 7. The highest BCUT2D eigenvalue weighted by atomic mass is 19.1. The number of amidine groups is 1. The van der Waals surface area contributed by atoms with Gasteiger partial charge in [0, 0.05) is 18.8 Å². The van der Waals surface area contributed by atoms with Gasteiger partial charge in [-0.3, -0.25) is 20.5 Å². The molecule has 3 aromatic carbocycles. The Kier molecular flexibility index (Phi) is 6.54. The summed E-state index contributed by atoms with van der Waals surface area (Å²) in [5.74, 6) is -8.05. The van der Waals surface area contributed by atoms with Gasteiger partial charge in [0.05, 0.1) is 11.3 Å². The van der Waals surface area contributed by atoms with E-state index in [2.05, 4.69) is 16.3 Å². The lowest BCUT2D eigenvalue weighted by atomic mass is 10.1. The minimum absolute atomic E-state index is 0.276. The van der Waals surface area contributed by atoms with Crippen molar-refractivity contribution in [2.24, 2.45) is 0 Å². The molecule has 2 saturated heterocycles. The van der Waals surface area contributed by atoms with Gasteiger partial charge in [0.2, 0.25) is 0 Å². The standard InChI is InChI=1S/C25H19F4N7O3/c26-15-3-1-4-16(27)19(15)22(37)21-23(30)35(24(38)20-17(28)5-2-6-18(20)29)33-36(21)32-13-7-9-14(10-8-13)34-12-11-31-25(34)39/h1-10,30,32-33,37H,11-12H2,(H,31,39). The van der Waals surface area contributed by atoms with Gasteiger partial charge in [-0.05, 0) is 48.5 Å². The largest absolute Gasteiger partial charge is 0.505 e. The summed E-state index contributed by atoms with van der Waals surface area (Å²) in [6, 6.07) is 11.5. The Bertz CT molecular complexity index is 1490. The lowest BCUT2D eigenvalue weighted by Gasteiger charge is -2.23. The Balaban J connectivity index is 1.53. The normalized spacial score (nSPS) is 16.6. The number of halogens is 4. The molecule has 2 fully saturated rings. The first-order valence-electron chi connectivity index (χ1n) is 11.4. The zero-order valence-electron chi connectivity index (χ0n) is 19.8. The van der Waals surface area contributed by atoms with Crippen LogP contribution in [0.1, 0.15) is 15.9 Å². The number of urea groups is 1. The van der Waals surface area contributed by atoms with Gasteiger partial charge in [-0.25, -0.2) is 27.4 Å². The van der Waals surface area contributed by atoms with E-state index in [1.165, 1.54) is 17.0 Å². The van der Waals surface area contributed by atoms with Gasteiger partial charge in [-0.15, -0.1) is 5.53 Å². The van der Waals surface area contributed by atoms with Crippen molar-refractivity contribution in [3.63, 3.8) is 0 Å². The van der Waals surface area contributed by atoms with E-state index in [-0.39, 0.29) is 11.7 Å². The van der Waals surface area contributed by atoms with Crippen molar-refractivity contribution >= 4 is 34.9 Å². The van der Waals surface area contributed by atoms with Crippen molar-refractivity contribution in [1.82, 2.24) is 21.0 Å². The molecule has 5 N–H and O–H groups in total. The predicted molar refractivity (Wildman–Crippen MR) is 132 cm³/mol. The zero-order chi connectivity index (χ0) is 27.8. The van der Waals surface area contributed by atoms with Gasteiger partial charge in [0.1, 0.15) is 28.8 Å². The summed E-state index contributed by atoms with van der Waals surface area (Å²) in [4.78, 5) is 26.5. The van der Waals surface area contributed by atoms with Crippen molar-refractivity contribution in [3.8, 4) is 0 Å². The van der Waals surface area contributed by atoms with Gasteiger partial charge in [-0.2, -0.15) is 5.12 Å². The number of nitrogens with zero attached hydrogens (tertiary/aromatic N) is 3. The molecule has 0 aliphatic carbocycles. The number of hydrazine groups is 3. The van der Waals surface area contributed by atoms with Crippen molar-refractivity contribution in [2.45, 2.75) is 0 Å². The zero-order valence-corrected chi connectivity index (χ0v) is 19.8. The second-order valence-corrected chi connectivity index (χ2v) is 8.36. The fraction of sp³-hybridized carbons (Fsp3) is 0.0800. The molecule has 0 spiro atoms. The first kappa shape index (κ1) is 25.5. The van der Waals surface area contributed by atoms with E-state index < -0.39 is 57.6 Å². The Morgan fingerprint density at radius 2 is 1.46 bits per heavy atom. The molecule has 2 aliphatic heterocycles. The van der Waals surface area contributed by atoms with Crippen LogP contribution in [0, 0.1) is 28.7 Å². The van der Waals surface area contributed by atoms with Crippen LogP contribution in [0.2, 0.25) is 0 Å². The molecule has 39 heavy (non-hydrogen) atoms. The highest BCUT2D eigenvalue weighted by Crippen LogP contribution is 2.30. The number of carbonyl (C=O) groups excluding carboxylic acids is 2. The van der Waals surface area contributed by atoms with Crippen molar-refractivity contribution in [1.29, 1.82) is 5.41 Å². The summed E-state index contributed by atoms with van der Waals surface area (Å²) in [6.07, 6.45) is 0. The molecule has 0 saturated carbocycles. The average Bonchev–Trinajstić information content (AvgIpc) is 3.46. The Morgan fingerprint density at radius 1 is 0.897 bits per heavy atom. The lowest BCUT2D eigenvalue weighted by Crippen LogP contribution is -2.46. The van der Waals surface area contributed by atoms with Crippen LogP contribution in [-0.4, -0.2) is 46.1 Å². The summed E-state index contributed by atoms with van der Waals surface area (Å²) in [6.45, 7) is 0.931. The van der Waals surface area contributed by atoms with Gasteiger partial charge >= 0.3 is 6.03 Å². The third-order valence-electron chi connectivity index (χ3n) is 5.95. The molecular formula is C25H19F4N7O3. The van der Waals surface area contributed by atoms with Crippen LogP contribution in [-0.2, 0) is 0 Å². The van der Waals surface area contributed by atoms with Crippen LogP contribution < -0.4 is 21.2 Å². The SMILES string of the molecule is N=C1C(=C(O)c2c(F)cccc2F)N(Nc2ccc(N3CCNC3=O)cc2)NN1C(=O)c1c(F)cccc1F. The molecule has 10 nitrogen and oxygen atoms in total. The number of rotatable bonds is 5. The first-order chi connectivity index (χ1) is 18.7. The van der Waals surface area contributed by atoms with E-state index >= 15 is 0 Å². The minimum Gasteiger partial charge on any atom is -0.505 e. The molecule has 3 aromatic rings. The van der Waals surface area contributed by atoms with E-state index in [4.69, 9.17) is 5.41 Å². The maximum atomic E-state index is 14.5. The summed E-state index contributed by atoms with van der Waals surface area (Å²) in [7, 11) is 0. The highest BCUT2D eigenvalue weighted by molar-refractivity contribution is 6.14. The molecule has 2 aliphatic rings. The van der Waals surface area contributed by atoms with Crippen LogP contribution in [0.4, 0.5) is 33.7 Å². The maximum Gasteiger partial charge on any atom is 0.321 e. The number of aliphatic hydroxyl groups excluding tert-OH is 1. The summed E-state index contributed by atoms with van der Waals surface area (Å²) in [5, 5.41) is 23.2. The summed E-state index contributed by atoms with van der Waals surface area (Å²) >= 11 is 0. The average molecular weight is 541 g/mol. The molecule has 0 unspecified atom stereocenters. The monoisotopic (exact) mass is 541 g/mol. The smallest absolute Gasteiger partial charge is 0.321 e. The number of aliphatic hydroxyl groups is 1. The molecule has 0 bridgehead atoms. The van der Waals surface area contributed by atoms with E-state index in [1.807, 2.05) is 0 Å². The minimum atomic E-state index is -1.35. The van der Waals surface area contributed by atoms with Gasteiger partial charge in [0.25, 0.3) is 5.91 Å². The fourth-order valence-electron chi connectivity index (χ4n) is 4.08. The Morgan fingerprint density at radius 3 is 2.00 bits per heavy atom. The van der Waals surface area contributed by atoms with E-state index in [0.717, 1.165) is 41.5 Å². The number of benzene rings is 3. The molecule has 5 rings (SSSR count). The first-order valence-corrected chi connectivity index (χ1v) is 11.4. The molecule has 200 valence electrons. The number of amides is 3. The molecule has 14 heteroatoms. The van der Waals surface area contributed by atoms with Crippen LogP contribution in [0.5, 0.6) is 0 Å². The molecule has 0 radical (unpaired) electrons. The van der Waals surface area contributed by atoms with Crippen LogP contribution >= 0.6 is 0 Å².